The van der Waals surface area contributed by atoms with E-state index in [1.165, 1.54) is 11.0 Å². The fourth-order valence-corrected chi connectivity index (χ4v) is 3.72. The Morgan fingerprint density at radius 2 is 1.82 bits per heavy atom. The SMILES string of the molecule is Cc1cccc(OCc2c(C(=O)Nc3ncn(Cc4c(Cl)cccc4Cl)n3)noc2C)c1C. The highest BCUT2D eigenvalue weighted by atomic mass is 35.5. The second-order valence-electron chi connectivity index (χ2n) is 7.47. The van der Waals surface area contributed by atoms with Gasteiger partial charge in [-0.3, -0.25) is 10.1 Å². The fourth-order valence-electron chi connectivity index (χ4n) is 3.20. The molecule has 2 aromatic heterocycles. The number of anilines is 1. The molecule has 0 aliphatic carbocycles. The lowest BCUT2D eigenvalue weighted by atomic mass is 10.1. The van der Waals surface area contributed by atoms with Crippen LogP contribution in [0.1, 0.15) is 38.5 Å². The van der Waals surface area contributed by atoms with Crippen LogP contribution in [0.5, 0.6) is 5.75 Å². The molecule has 0 atom stereocenters. The summed E-state index contributed by atoms with van der Waals surface area (Å²) in [5, 5.41) is 11.9. The molecule has 1 amide bonds. The van der Waals surface area contributed by atoms with Crippen molar-refractivity contribution in [2.45, 2.75) is 33.9 Å². The van der Waals surface area contributed by atoms with E-state index in [1.54, 1.807) is 25.1 Å². The van der Waals surface area contributed by atoms with E-state index in [1.807, 2.05) is 32.0 Å². The molecule has 8 nitrogen and oxygen atoms in total. The number of carbonyl (C=O) groups excluding carboxylic acids is 1. The van der Waals surface area contributed by atoms with Gasteiger partial charge in [-0.1, -0.05) is 46.6 Å². The Labute approximate surface area is 200 Å². The molecule has 4 rings (SSSR count). The number of aromatic nitrogens is 4. The zero-order valence-electron chi connectivity index (χ0n) is 18.2. The lowest BCUT2D eigenvalue weighted by Gasteiger charge is -2.10. The summed E-state index contributed by atoms with van der Waals surface area (Å²) in [5.41, 5.74) is 3.53. The highest BCUT2D eigenvalue weighted by Crippen LogP contribution is 2.25. The van der Waals surface area contributed by atoms with E-state index in [4.69, 9.17) is 32.5 Å². The van der Waals surface area contributed by atoms with Crippen molar-refractivity contribution in [1.29, 1.82) is 0 Å². The number of benzene rings is 2. The van der Waals surface area contributed by atoms with Crippen molar-refractivity contribution in [1.82, 2.24) is 19.9 Å². The molecule has 0 bridgehead atoms. The zero-order valence-corrected chi connectivity index (χ0v) is 19.7. The number of ether oxygens (including phenoxy) is 1. The molecular formula is C23H21Cl2N5O3. The van der Waals surface area contributed by atoms with Crippen LogP contribution in [0.15, 0.2) is 47.2 Å². The molecule has 1 N–H and O–H groups in total. The topological polar surface area (TPSA) is 95.1 Å². The minimum absolute atomic E-state index is 0.114. The Morgan fingerprint density at radius 3 is 2.58 bits per heavy atom. The fraction of sp³-hybridized carbons (Fsp3) is 0.217. The second kappa shape index (κ2) is 9.64. The van der Waals surface area contributed by atoms with Crippen LogP contribution in [0.2, 0.25) is 10.0 Å². The average molecular weight is 486 g/mol. The number of rotatable bonds is 7. The summed E-state index contributed by atoms with van der Waals surface area (Å²) in [6.07, 6.45) is 1.48. The largest absolute Gasteiger partial charge is 0.488 e. The van der Waals surface area contributed by atoms with E-state index >= 15 is 0 Å². The second-order valence-corrected chi connectivity index (χ2v) is 8.29. The number of hydrogen-bond donors (Lipinski definition) is 1. The molecule has 10 heteroatoms. The Balaban J connectivity index is 1.46. The van der Waals surface area contributed by atoms with Gasteiger partial charge in [0.25, 0.3) is 5.91 Å². The van der Waals surface area contributed by atoms with Crippen LogP contribution in [0.3, 0.4) is 0 Å². The first-order chi connectivity index (χ1) is 15.8. The minimum Gasteiger partial charge on any atom is -0.488 e. The van der Waals surface area contributed by atoms with Gasteiger partial charge in [-0.2, -0.15) is 0 Å². The summed E-state index contributed by atoms with van der Waals surface area (Å²) in [5.74, 6) is 0.850. The molecule has 0 aliphatic rings. The van der Waals surface area contributed by atoms with Gasteiger partial charge < -0.3 is 9.26 Å². The summed E-state index contributed by atoms with van der Waals surface area (Å²) in [4.78, 5) is 17.0. The monoisotopic (exact) mass is 485 g/mol. The third-order valence-electron chi connectivity index (χ3n) is 5.27. The number of aryl methyl sites for hydroxylation is 2. The Hall–Kier alpha value is -3.36. The van der Waals surface area contributed by atoms with Crippen molar-refractivity contribution in [2.75, 3.05) is 5.32 Å². The van der Waals surface area contributed by atoms with Gasteiger partial charge in [-0.25, -0.2) is 9.67 Å². The highest BCUT2D eigenvalue weighted by Gasteiger charge is 2.22. The normalized spacial score (nSPS) is 10.9. The quantitative estimate of drug-likeness (QED) is 0.377. The first kappa shape index (κ1) is 22.8. The average Bonchev–Trinajstić information content (AvgIpc) is 3.38. The van der Waals surface area contributed by atoms with Gasteiger partial charge in [0.2, 0.25) is 5.95 Å². The van der Waals surface area contributed by atoms with Crippen LogP contribution in [-0.2, 0) is 13.2 Å². The molecule has 0 fully saturated rings. The Bertz CT molecular complexity index is 1300. The molecule has 2 aromatic carbocycles. The van der Waals surface area contributed by atoms with Crippen molar-refractivity contribution in [3.63, 3.8) is 0 Å². The van der Waals surface area contributed by atoms with Crippen LogP contribution in [-0.4, -0.2) is 25.8 Å². The van der Waals surface area contributed by atoms with Gasteiger partial charge in [0.05, 0.1) is 12.1 Å². The Morgan fingerprint density at radius 1 is 1.09 bits per heavy atom. The lowest BCUT2D eigenvalue weighted by molar-refractivity contribution is 0.101. The van der Waals surface area contributed by atoms with Crippen molar-refractivity contribution < 1.29 is 14.1 Å². The first-order valence-electron chi connectivity index (χ1n) is 10.1. The maximum Gasteiger partial charge on any atom is 0.280 e. The molecule has 0 saturated carbocycles. The maximum atomic E-state index is 12.8. The summed E-state index contributed by atoms with van der Waals surface area (Å²) in [7, 11) is 0. The molecule has 0 aliphatic heterocycles. The van der Waals surface area contributed by atoms with E-state index in [0.717, 1.165) is 16.9 Å². The van der Waals surface area contributed by atoms with Crippen molar-refractivity contribution in [3.05, 3.63) is 86.5 Å². The van der Waals surface area contributed by atoms with E-state index in [-0.39, 0.29) is 18.2 Å². The maximum absolute atomic E-state index is 12.8. The molecule has 170 valence electrons. The molecule has 0 spiro atoms. The molecule has 2 heterocycles. The van der Waals surface area contributed by atoms with Crippen LogP contribution < -0.4 is 10.1 Å². The van der Waals surface area contributed by atoms with Gasteiger partial charge in [-0.15, -0.1) is 5.10 Å². The van der Waals surface area contributed by atoms with E-state index in [2.05, 4.69) is 20.6 Å². The van der Waals surface area contributed by atoms with Gasteiger partial charge in [0.15, 0.2) is 5.69 Å². The number of nitrogens with one attached hydrogen (secondary N) is 1. The minimum atomic E-state index is -0.500. The number of carbonyl (C=O) groups is 1. The molecule has 0 unspecified atom stereocenters. The van der Waals surface area contributed by atoms with Crippen LogP contribution in [0.25, 0.3) is 0 Å². The summed E-state index contributed by atoms with van der Waals surface area (Å²) >= 11 is 12.4. The number of halogens is 2. The van der Waals surface area contributed by atoms with Crippen molar-refractivity contribution in [3.8, 4) is 5.75 Å². The molecule has 0 saturated heterocycles. The summed E-state index contributed by atoms with van der Waals surface area (Å²) in [6.45, 7) is 6.16. The smallest absolute Gasteiger partial charge is 0.280 e. The standard InChI is InChI=1S/C23H21Cl2N5O3/c1-13-6-4-9-20(14(13)2)32-11-17-15(3)33-29-21(17)22(31)27-23-26-12-30(28-23)10-16-18(24)7-5-8-19(16)25/h4-9,12H,10-11H2,1-3H3,(H,27,28,31). The number of amides is 1. The van der Waals surface area contributed by atoms with E-state index < -0.39 is 5.91 Å². The third kappa shape index (κ3) is 5.02. The zero-order chi connectivity index (χ0) is 23.5. The number of hydrogen-bond acceptors (Lipinski definition) is 6. The van der Waals surface area contributed by atoms with Crippen LogP contribution in [0, 0.1) is 20.8 Å². The van der Waals surface area contributed by atoms with Crippen LogP contribution in [0.4, 0.5) is 5.95 Å². The van der Waals surface area contributed by atoms with Crippen LogP contribution >= 0.6 is 23.2 Å². The lowest BCUT2D eigenvalue weighted by Crippen LogP contribution is -2.16. The summed E-state index contributed by atoms with van der Waals surface area (Å²) in [6, 6.07) is 11.1. The molecule has 33 heavy (non-hydrogen) atoms. The van der Waals surface area contributed by atoms with E-state index in [9.17, 15) is 4.79 Å². The molecule has 0 radical (unpaired) electrons. The number of nitrogens with zero attached hydrogens (tertiary/aromatic N) is 4. The first-order valence-corrected chi connectivity index (χ1v) is 10.9. The molecular weight excluding hydrogens is 465 g/mol. The van der Waals surface area contributed by atoms with E-state index in [0.29, 0.717) is 33.5 Å². The summed E-state index contributed by atoms with van der Waals surface area (Å²) < 4.78 is 12.7. The van der Waals surface area contributed by atoms with Gasteiger partial charge in [0.1, 0.15) is 24.4 Å². The Kier molecular flexibility index (Phi) is 6.67. The van der Waals surface area contributed by atoms with Gasteiger partial charge in [0, 0.05) is 15.6 Å². The van der Waals surface area contributed by atoms with Gasteiger partial charge in [-0.05, 0) is 50.1 Å². The molecule has 4 aromatic rings. The third-order valence-corrected chi connectivity index (χ3v) is 5.98. The predicted octanol–water partition coefficient (Wildman–Crippen LogP) is 5.38. The van der Waals surface area contributed by atoms with Gasteiger partial charge >= 0.3 is 0 Å². The highest BCUT2D eigenvalue weighted by molar-refractivity contribution is 6.35. The van der Waals surface area contributed by atoms with Crippen molar-refractivity contribution in [2.24, 2.45) is 0 Å². The predicted molar refractivity (Wildman–Crippen MR) is 125 cm³/mol. The van der Waals surface area contributed by atoms with Crippen molar-refractivity contribution >= 4 is 35.1 Å².